The molecule has 92 valence electrons. The number of hydrogen-bond acceptors (Lipinski definition) is 2. The van der Waals surface area contributed by atoms with E-state index in [0.29, 0.717) is 6.54 Å². The first kappa shape index (κ1) is 13.3. The Hall–Kier alpha value is -0.770. The van der Waals surface area contributed by atoms with Crippen LogP contribution < -0.4 is 10.6 Å². The highest BCUT2D eigenvalue weighted by atomic mass is 35.5. The normalized spacial score (nSPS) is 18.9. The fourth-order valence-electron chi connectivity index (χ4n) is 2.08. The van der Waals surface area contributed by atoms with Crippen LogP contribution in [-0.2, 0) is 4.79 Å². The number of rotatable bonds is 3. The van der Waals surface area contributed by atoms with Gasteiger partial charge in [-0.05, 0) is 18.3 Å². The molecule has 1 rings (SSSR count). The van der Waals surface area contributed by atoms with E-state index in [9.17, 15) is 9.59 Å². The Balaban J connectivity index is 2.27. The van der Waals surface area contributed by atoms with Crippen LogP contribution in [0.5, 0.6) is 0 Å². The monoisotopic (exact) mass is 246 g/mol. The molecule has 16 heavy (non-hydrogen) atoms. The standard InChI is InChI=1S/C11H19ClN2O2/c1-11(5-3-2-4-6-11)8-13-10(16)14-9(15)7-12/h2-8H2,1H3,(H2,13,14,15,16). The number of amides is 3. The molecule has 0 radical (unpaired) electrons. The van der Waals surface area contributed by atoms with Gasteiger partial charge in [-0.25, -0.2) is 4.79 Å². The van der Waals surface area contributed by atoms with E-state index in [-0.39, 0.29) is 11.3 Å². The predicted octanol–water partition coefficient (Wildman–Crippen LogP) is 2.02. The Morgan fingerprint density at radius 2 is 1.88 bits per heavy atom. The van der Waals surface area contributed by atoms with Crippen molar-refractivity contribution in [3.63, 3.8) is 0 Å². The maximum atomic E-state index is 11.3. The third-order valence-corrected chi connectivity index (χ3v) is 3.35. The van der Waals surface area contributed by atoms with Crippen molar-refractivity contribution < 1.29 is 9.59 Å². The lowest BCUT2D eigenvalue weighted by atomic mass is 9.76. The Labute approximate surface area is 101 Å². The second-order valence-corrected chi connectivity index (χ2v) is 5.00. The van der Waals surface area contributed by atoms with Crippen LogP contribution in [0.4, 0.5) is 4.79 Å². The summed E-state index contributed by atoms with van der Waals surface area (Å²) in [6, 6.07) is -0.447. The van der Waals surface area contributed by atoms with E-state index in [2.05, 4.69) is 17.6 Å². The van der Waals surface area contributed by atoms with E-state index in [1.165, 1.54) is 19.3 Å². The lowest BCUT2D eigenvalue weighted by molar-refractivity contribution is -0.117. The molecule has 0 aliphatic heterocycles. The highest BCUT2D eigenvalue weighted by Crippen LogP contribution is 2.34. The number of hydrogen-bond donors (Lipinski definition) is 2. The van der Waals surface area contributed by atoms with Crippen LogP contribution in [0.1, 0.15) is 39.0 Å². The van der Waals surface area contributed by atoms with E-state index in [1.807, 2.05) is 0 Å². The van der Waals surface area contributed by atoms with Gasteiger partial charge in [0.2, 0.25) is 5.91 Å². The Kier molecular flexibility index (Phi) is 5.06. The summed E-state index contributed by atoms with van der Waals surface area (Å²) < 4.78 is 0. The van der Waals surface area contributed by atoms with Gasteiger partial charge in [0.1, 0.15) is 5.88 Å². The van der Waals surface area contributed by atoms with Crippen molar-refractivity contribution in [1.82, 2.24) is 10.6 Å². The third-order valence-electron chi connectivity index (χ3n) is 3.11. The van der Waals surface area contributed by atoms with Crippen molar-refractivity contribution in [3.8, 4) is 0 Å². The van der Waals surface area contributed by atoms with Crippen LogP contribution in [-0.4, -0.2) is 24.4 Å². The summed E-state index contributed by atoms with van der Waals surface area (Å²) in [5.74, 6) is -0.655. The highest BCUT2D eigenvalue weighted by molar-refractivity contribution is 6.28. The number of carbonyl (C=O) groups is 2. The Morgan fingerprint density at radius 3 is 2.44 bits per heavy atom. The molecule has 0 bridgehead atoms. The third kappa shape index (κ3) is 4.39. The quantitative estimate of drug-likeness (QED) is 0.749. The van der Waals surface area contributed by atoms with Crippen LogP contribution in [0, 0.1) is 5.41 Å². The van der Waals surface area contributed by atoms with E-state index >= 15 is 0 Å². The number of urea groups is 1. The molecule has 0 atom stereocenters. The molecular formula is C11H19ClN2O2. The molecule has 0 aromatic carbocycles. The average Bonchev–Trinajstić information content (AvgIpc) is 2.27. The summed E-state index contributed by atoms with van der Waals surface area (Å²) in [6.07, 6.45) is 6.00. The fourth-order valence-corrected chi connectivity index (χ4v) is 2.15. The summed E-state index contributed by atoms with van der Waals surface area (Å²) in [6.45, 7) is 2.80. The molecule has 4 nitrogen and oxygen atoms in total. The molecule has 2 N–H and O–H groups in total. The molecule has 0 heterocycles. The van der Waals surface area contributed by atoms with Crippen LogP contribution in [0.25, 0.3) is 0 Å². The van der Waals surface area contributed by atoms with Crippen molar-refractivity contribution in [2.45, 2.75) is 39.0 Å². The Morgan fingerprint density at radius 1 is 1.25 bits per heavy atom. The van der Waals surface area contributed by atoms with Crippen molar-refractivity contribution in [3.05, 3.63) is 0 Å². The minimum Gasteiger partial charge on any atom is -0.337 e. The number of carbonyl (C=O) groups excluding carboxylic acids is 2. The largest absolute Gasteiger partial charge is 0.337 e. The van der Waals surface area contributed by atoms with Crippen LogP contribution >= 0.6 is 11.6 Å². The predicted molar refractivity (Wildman–Crippen MR) is 63.5 cm³/mol. The van der Waals surface area contributed by atoms with Gasteiger partial charge in [-0.15, -0.1) is 11.6 Å². The molecule has 1 saturated carbocycles. The number of nitrogens with one attached hydrogen (secondary N) is 2. The van der Waals surface area contributed by atoms with Gasteiger partial charge in [0.25, 0.3) is 0 Å². The van der Waals surface area contributed by atoms with E-state index < -0.39 is 11.9 Å². The molecule has 1 fully saturated rings. The summed E-state index contributed by atoms with van der Waals surface area (Å²) >= 11 is 5.28. The molecule has 5 heteroatoms. The lowest BCUT2D eigenvalue weighted by Crippen LogP contribution is -2.44. The zero-order chi connectivity index (χ0) is 12.0. The molecule has 1 aliphatic carbocycles. The van der Waals surface area contributed by atoms with Gasteiger partial charge < -0.3 is 5.32 Å². The van der Waals surface area contributed by atoms with Gasteiger partial charge >= 0.3 is 6.03 Å². The zero-order valence-electron chi connectivity index (χ0n) is 9.64. The first-order valence-corrected chi connectivity index (χ1v) is 6.23. The van der Waals surface area contributed by atoms with E-state index in [0.717, 1.165) is 12.8 Å². The second kappa shape index (κ2) is 6.09. The maximum absolute atomic E-state index is 11.3. The topological polar surface area (TPSA) is 58.2 Å². The summed E-state index contributed by atoms with van der Waals surface area (Å²) in [5.41, 5.74) is 0.180. The summed E-state index contributed by atoms with van der Waals surface area (Å²) in [4.78, 5) is 22.1. The van der Waals surface area contributed by atoms with Gasteiger partial charge in [0, 0.05) is 6.54 Å². The minimum atomic E-state index is -0.465. The maximum Gasteiger partial charge on any atom is 0.321 e. The SMILES string of the molecule is CC1(CNC(=O)NC(=O)CCl)CCCCC1. The van der Waals surface area contributed by atoms with Crippen molar-refractivity contribution in [1.29, 1.82) is 0 Å². The molecule has 3 amide bonds. The van der Waals surface area contributed by atoms with Crippen molar-refractivity contribution in [2.75, 3.05) is 12.4 Å². The van der Waals surface area contributed by atoms with Crippen LogP contribution in [0.3, 0.4) is 0 Å². The van der Waals surface area contributed by atoms with Crippen LogP contribution in [0.2, 0.25) is 0 Å². The molecule has 1 aliphatic rings. The van der Waals surface area contributed by atoms with Gasteiger partial charge in [0.15, 0.2) is 0 Å². The first-order valence-electron chi connectivity index (χ1n) is 5.69. The van der Waals surface area contributed by atoms with Gasteiger partial charge in [-0.3, -0.25) is 10.1 Å². The lowest BCUT2D eigenvalue weighted by Gasteiger charge is -2.33. The van der Waals surface area contributed by atoms with Crippen molar-refractivity contribution in [2.24, 2.45) is 5.41 Å². The minimum absolute atomic E-state index is 0.180. The highest BCUT2D eigenvalue weighted by Gasteiger charge is 2.27. The Bertz CT molecular complexity index is 263. The van der Waals surface area contributed by atoms with Crippen LogP contribution in [0.15, 0.2) is 0 Å². The smallest absolute Gasteiger partial charge is 0.321 e. The summed E-state index contributed by atoms with van der Waals surface area (Å²) in [7, 11) is 0. The number of alkyl halides is 1. The first-order chi connectivity index (χ1) is 7.56. The molecular weight excluding hydrogens is 228 g/mol. The van der Waals surface area contributed by atoms with E-state index in [4.69, 9.17) is 11.6 Å². The molecule has 0 aromatic rings. The average molecular weight is 247 g/mol. The molecule has 0 saturated heterocycles. The van der Waals surface area contributed by atoms with Gasteiger partial charge in [-0.1, -0.05) is 26.2 Å². The van der Waals surface area contributed by atoms with Gasteiger partial charge in [0.05, 0.1) is 0 Å². The number of halogens is 1. The van der Waals surface area contributed by atoms with E-state index in [1.54, 1.807) is 0 Å². The summed E-state index contributed by atoms with van der Waals surface area (Å²) in [5, 5.41) is 4.89. The number of imide groups is 1. The zero-order valence-corrected chi connectivity index (χ0v) is 10.4. The van der Waals surface area contributed by atoms with Gasteiger partial charge in [-0.2, -0.15) is 0 Å². The van der Waals surface area contributed by atoms with Crippen molar-refractivity contribution >= 4 is 23.5 Å². The molecule has 0 unspecified atom stereocenters. The second-order valence-electron chi connectivity index (χ2n) is 4.74. The molecule has 0 spiro atoms. The molecule has 0 aromatic heterocycles. The fraction of sp³-hybridized carbons (Fsp3) is 0.818.